The lowest BCUT2D eigenvalue weighted by Crippen LogP contribution is -1.90. The van der Waals surface area contributed by atoms with Gasteiger partial charge in [-0.1, -0.05) is 19.9 Å². The van der Waals surface area contributed by atoms with Crippen LogP contribution < -0.4 is 0 Å². The van der Waals surface area contributed by atoms with Crippen molar-refractivity contribution in [3.8, 4) is 5.75 Å². The molecule has 2 rings (SSSR count). The van der Waals surface area contributed by atoms with Gasteiger partial charge in [0.15, 0.2) is 0 Å². The largest absolute Gasteiger partial charge is 0.506 e. The second-order valence-electron chi connectivity index (χ2n) is 4.73. The quantitative estimate of drug-likeness (QED) is 0.738. The Balaban J connectivity index is 2.25. The maximum atomic E-state index is 12.8. The van der Waals surface area contributed by atoms with Gasteiger partial charge in [-0.15, -0.1) is 5.11 Å². The Morgan fingerprint density at radius 1 is 1.10 bits per heavy atom. The highest BCUT2D eigenvalue weighted by atomic mass is 19.1. The summed E-state index contributed by atoms with van der Waals surface area (Å²) in [6, 6.07) is 11.1. The maximum absolute atomic E-state index is 12.8. The SMILES string of the molecule is CCC(C)c1ccc(O)c(N=Nc2ccc(F)cc2)c1. The molecule has 0 aliphatic carbocycles. The zero-order valence-corrected chi connectivity index (χ0v) is 11.5. The minimum absolute atomic E-state index is 0.0860. The molecular formula is C16H17FN2O. The summed E-state index contributed by atoms with van der Waals surface area (Å²) < 4.78 is 12.8. The van der Waals surface area contributed by atoms with Crippen molar-refractivity contribution < 1.29 is 9.50 Å². The van der Waals surface area contributed by atoms with Gasteiger partial charge in [-0.3, -0.25) is 0 Å². The van der Waals surface area contributed by atoms with Gasteiger partial charge in [0.05, 0.1) is 5.69 Å². The summed E-state index contributed by atoms with van der Waals surface area (Å²) in [4.78, 5) is 0. The molecule has 0 spiro atoms. The summed E-state index contributed by atoms with van der Waals surface area (Å²) in [6.45, 7) is 4.23. The molecule has 0 amide bonds. The van der Waals surface area contributed by atoms with E-state index in [0.29, 0.717) is 17.3 Å². The summed E-state index contributed by atoms with van der Waals surface area (Å²) in [7, 11) is 0. The standard InChI is InChI=1S/C16H17FN2O/c1-3-11(2)12-4-9-16(20)15(10-12)19-18-14-7-5-13(17)6-8-14/h4-11,20H,3H2,1-2H3. The molecule has 1 atom stereocenters. The fraction of sp³-hybridized carbons (Fsp3) is 0.250. The molecule has 0 bridgehead atoms. The summed E-state index contributed by atoms with van der Waals surface area (Å²) in [5.41, 5.74) is 2.07. The van der Waals surface area contributed by atoms with Crippen molar-refractivity contribution >= 4 is 11.4 Å². The van der Waals surface area contributed by atoms with Crippen LogP contribution in [0.1, 0.15) is 31.7 Å². The topological polar surface area (TPSA) is 45.0 Å². The van der Waals surface area contributed by atoms with Crippen molar-refractivity contribution in [3.05, 3.63) is 53.8 Å². The Morgan fingerprint density at radius 2 is 1.80 bits per heavy atom. The molecule has 4 heteroatoms. The van der Waals surface area contributed by atoms with Gasteiger partial charge in [-0.05, 0) is 54.3 Å². The third-order valence-corrected chi connectivity index (χ3v) is 3.28. The molecule has 0 heterocycles. The van der Waals surface area contributed by atoms with Gasteiger partial charge in [-0.25, -0.2) is 4.39 Å². The molecule has 1 N–H and O–H groups in total. The van der Waals surface area contributed by atoms with Crippen molar-refractivity contribution in [1.82, 2.24) is 0 Å². The minimum Gasteiger partial charge on any atom is -0.506 e. The van der Waals surface area contributed by atoms with Crippen LogP contribution in [0.25, 0.3) is 0 Å². The van der Waals surface area contributed by atoms with Gasteiger partial charge in [0.25, 0.3) is 0 Å². The van der Waals surface area contributed by atoms with E-state index < -0.39 is 0 Å². The Bertz CT molecular complexity index is 608. The highest BCUT2D eigenvalue weighted by Gasteiger charge is 2.07. The molecule has 0 radical (unpaired) electrons. The lowest BCUT2D eigenvalue weighted by Gasteiger charge is -2.09. The second-order valence-corrected chi connectivity index (χ2v) is 4.73. The molecule has 0 fully saturated rings. The van der Waals surface area contributed by atoms with Crippen LogP contribution in [0.4, 0.5) is 15.8 Å². The van der Waals surface area contributed by atoms with Gasteiger partial charge in [0, 0.05) is 0 Å². The molecule has 2 aromatic rings. The van der Waals surface area contributed by atoms with E-state index in [1.54, 1.807) is 6.07 Å². The van der Waals surface area contributed by atoms with Crippen LogP contribution in [0, 0.1) is 5.82 Å². The summed E-state index contributed by atoms with van der Waals surface area (Å²) in [5.74, 6) is 0.170. The number of hydrogen-bond donors (Lipinski definition) is 1. The minimum atomic E-state index is -0.314. The molecule has 0 saturated heterocycles. The maximum Gasteiger partial charge on any atom is 0.143 e. The van der Waals surface area contributed by atoms with Crippen LogP contribution in [0.15, 0.2) is 52.7 Å². The number of rotatable bonds is 4. The van der Waals surface area contributed by atoms with E-state index in [2.05, 4.69) is 24.1 Å². The molecule has 0 aliphatic heterocycles. The third-order valence-electron chi connectivity index (χ3n) is 3.28. The number of halogens is 1. The van der Waals surface area contributed by atoms with E-state index in [-0.39, 0.29) is 11.6 Å². The molecule has 104 valence electrons. The van der Waals surface area contributed by atoms with E-state index in [4.69, 9.17) is 0 Å². The third kappa shape index (κ3) is 3.41. The molecule has 0 aromatic heterocycles. The number of aromatic hydroxyl groups is 1. The summed E-state index contributed by atoms with van der Waals surface area (Å²) in [5, 5.41) is 17.8. The van der Waals surface area contributed by atoms with Crippen LogP contribution in [-0.4, -0.2) is 5.11 Å². The molecule has 2 aromatic carbocycles. The van der Waals surface area contributed by atoms with Gasteiger partial charge in [-0.2, -0.15) is 5.11 Å². The fourth-order valence-electron chi connectivity index (χ4n) is 1.78. The van der Waals surface area contributed by atoms with E-state index in [1.807, 2.05) is 12.1 Å². The lowest BCUT2D eigenvalue weighted by atomic mass is 9.98. The van der Waals surface area contributed by atoms with Crippen LogP contribution in [0.3, 0.4) is 0 Å². The first kappa shape index (κ1) is 14.2. The number of phenolic OH excluding ortho intramolecular Hbond substituents is 1. The van der Waals surface area contributed by atoms with Crippen molar-refractivity contribution in [2.75, 3.05) is 0 Å². The van der Waals surface area contributed by atoms with E-state index in [0.717, 1.165) is 12.0 Å². The van der Waals surface area contributed by atoms with E-state index >= 15 is 0 Å². The molecule has 3 nitrogen and oxygen atoms in total. The highest BCUT2D eigenvalue weighted by Crippen LogP contribution is 2.32. The number of hydrogen-bond acceptors (Lipinski definition) is 3. The monoisotopic (exact) mass is 272 g/mol. The lowest BCUT2D eigenvalue weighted by molar-refractivity contribution is 0.476. The fourth-order valence-corrected chi connectivity index (χ4v) is 1.78. The van der Waals surface area contributed by atoms with E-state index in [9.17, 15) is 9.50 Å². The summed E-state index contributed by atoms with van der Waals surface area (Å²) >= 11 is 0. The number of phenols is 1. The predicted octanol–water partition coefficient (Wildman–Crippen LogP) is 5.46. The van der Waals surface area contributed by atoms with Crippen molar-refractivity contribution in [2.45, 2.75) is 26.2 Å². The summed E-state index contributed by atoms with van der Waals surface area (Å²) in [6.07, 6.45) is 1.01. The first-order chi connectivity index (χ1) is 9.60. The number of azo groups is 1. The van der Waals surface area contributed by atoms with Crippen LogP contribution in [0.2, 0.25) is 0 Å². The number of nitrogens with zero attached hydrogens (tertiary/aromatic N) is 2. The van der Waals surface area contributed by atoms with Crippen LogP contribution >= 0.6 is 0 Å². The van der Waals surface area contributed by atoms with Crippen molar-refractivity contribution in [2.24, 2.45) is 10.2 Å². The second kappa shape index (κ2) is 6.28. The molecule has 1 unspecified atom stereocenters. The van der Waals surface area contributed by atoms with Gasteiger partial charge >= 0.3 is 0 Å². The first-order valence-electron chi connectivity index (χ1n) is 6.60. The Hall–Kier alpha value is -2.23. The zero-order chi connectivity index (χ0) is 14.5. The van der Waals surface area contributed by atoms with Crippen molar-refractivity contribution in [3.63, 3.8) is 0 Å². The van der Waals surface area contributed by atoms with Crippen LogP contribution in [0.5, 0.6) is 5.75 Å². The number of benzene rings is 2. The highest BCUT2D eigenvalue weighted by molar-refractivity contribution is 5.53. The van der Waals surface area contributed by atoms with Gasteiger partial charge in [0.2, 0.25) is 0 Å². The average molecular weight is 272 g/mol. The first-order valence-corrected chi connectivity index (χ1v) is 6.60. The van der Waals surface area contributed by atoms with Crippen LogP contribution in [-0.2, 0) is 0 Å². The van der Waals surface area contributed by atoms with Gasteiger partial charge in [0.1, 0.15) is 17.3 Å². The normalized spacial score (nSPS) is 12.8. The molecule has 0 saturated carbocycles. The zero-order valence-electron chi connectivity index (χ0n) is 11.5. The Morgan fingerprint density at radius 3 is 2.45 bits per heavy atom. The molecule has 0 aliphatic rings. The molecular weight excluding hydrogens is 255 g/mol. The van der Waals surface area contributed by atoms with E-state index in [1.165, 1.54) is 24.3 Å². The smallest absolute Gasteiger partial charge is 0.143 e. The predicted molar refractivity (Wildman–Crippen MR) is 77.4 cm³/mol. The Labute approximate surface area is 117 Å². The average Bonchev–Trinajstić information content (AvgIpc) is 2.47. The van der Waals surface area contributed by atoms with Crippen molar-refractivity contribution in [1.29, 1.82) is 0 Å². The Kier molecular flexibility index (Phi) is 4.45. The van der Waals surface area contributed by atoms with Gasteiger partial charge < -0.3 is 5.11 Å². The molecule has 20 heavy (non-hydrogen) atoms.